The molecule has 0 bridgehead atoms. The molecular formula is C25H39N3O5S. The van der Waals surface area contributed by atoms with Crippen molar-refractivity contribution in [2.75, 3.05) is 32.7 Å². The summed E-state index contributed by atoms with van der Waals surface area (Å²) in [6.45, 7) is 12.3. The van der Waals surface area contributed by atoms with Gasteiger partial charge in [-0.1, -0.05) is 0 Å². The van der Waals surface area contributed by atoms with Gasteiger partial charge in [0.15, 0.2) is 0 Å². The van der Waals surface area contributed by atoms with Crippen LogP contribution in [0.25, 0.3) is 0 Å². The quantitative estimate of drug-likeness (QED) is 0.598. The van der Waals surface area contributed by atoms with Crippen LogP contribution in [-0.4, -0.2) is 78.9 Å². The number of nitrogens with zero attached hydrogens (tertiary/aromatic N) is 3. The first-order valence-corrected chi connectivity index (χ1v) is 13.7. The molecule has 3 rings (SSSR count). The topological polar surface area (TPSA) is 87.2 Å². The standard InChI is InChI=1S/C25H39N3O5S/c1-19(2)28(24(30)33-25(3,4)5)18-20-9-8-14-26(17-20)23(29)21-10-12-22(13-11-21)34(31,32)27-15-6-7-16-27/h10-13,19-20H,6-9,14-18H2,1-5H3. The van der Waals surface area contributed by atoms with Crippen LogP contribution in [0.4, 0.5) is 4.79 Å². The number of piperidine rings is 1. The van der Waals surface area contributed by atoms with E-state index in [0.717, 1.165) is 25.7 Å². The summed E-state index contributed by atoms with van der Waals surface area (Å²) in [6, 6.07) is 6.27. The smallest absolute Gasteiger partial charge is 0.410 e. The van der Waals surface area contributed by atoms with E-state index in [1.807, 2.05) is 39.5 Å². The molecule has 0 radical (unpaired) electrons. The summed E-state index contributed by atoms with van der Waals surface area (Å²) in [5.41, 5.74) is -0.0818. The van der Waals surface area contributed by atoms with E-state index in [9.17, 15) is 18.0 Å². The van der Waals surface area contributed by atoms with Crippen LogP contribution >= 0.6 is 0 Å². The Kier molecular flexibility index (Phi) is 8.29. The molecule has 0 N–H and O–H groups in total. The third-order valence-electron chi connectivity index (χ3n) is 6.32. The molecule has 8 nitrogen and oxygen atoms in total. The number of carbonyl (C=O) groups excluding carboxylic acids is 2. The summed E-state index contributed by atoms with van der Waals surface area (Å²) in [6.07, 6.45) is 3.23. The second-order valence-corrected chi connectivity index (χ2v) is 12.6. The van der Waals surface area contributed by atoms with Gasteiger partial charge in [-0.25, -0.2) is 13.2 Å². The first-order valence-electron chi connectivity index (χ1n) is 12.3. The van der Waals surface area contributed by atoms with Gasteiger partial charge in [-0.05, 0) is 90.5 Å². The van der Waals surface area contributed by atoms with Crippen LogP contribution in [0.15, 0.2) is 29.2 Å². The normalized spacial score (nSPS) is 19.9. The third-order valence-corrected chi connectivity index (χ3v) is 8.23. The minimum atomic E-state index is -3.50. The zero-order valence-electron chi connectivity index (χ0n) is 21.1. The van der Waals surface area contributed by atoms with Gasteiger partial charge in [0.2, 0.25) is 10.0 Å². The van der Waals surface area contributed by atoms with Crippen molar-refractivity contribution >= 4 is 22.0 Å². The van der Waals surface area contributed by atoms with Gasteiger partial charge < -0.3 is 14.5 Å². The van der Waals surface area contributed by atoms with Crippen LogP contribution in [0.5, 0.6) is 0 Å². The lowest BCUT2D eigenvalue weighted by Crippen LogP contribution is -2.48. The second-order valence-electron chi connectivity index (χ2n) is 10.6. The van der Waals surface area contributed by atoms with E-state index in [-0.39, 0.29) is 28.9 Å². The Morgan fingerprint density at radius 1 is 1.06 bits per heavy atom. The third kappa shape index (κ3) is 6.50. The monoisotopic (exact) mass is 493 g/mol. The van der Waals surface area contributed by atoms with E-state index < -0.39 is 15.6 Å². The molecule has 2 fully saturated rings. The summed E-state index contributed by atoms with van der Waals surface area (Å²) < 4.78 is 32.6. The number of benzene rings is 1. The van der Waals surface area contributed by atoms with E-state index >= 15 is 0 Å². The van der Waals surface area contributed by atoms with Crippen LogP contribution in [0, 0.1) is 5.92 Å². The molecule has 1 aromatic carbocycles. The van der Waals surface area contributed by atoms with Gasteiger partial charge in [-0.3, -0.25) is 4.79 Å². The highest BCUT2D eigenvalue weighted by molar-refractivity contribution is 7.89. The number of likely N-dealkylation sites (tertiary alicyclic amines) is 1. The zero-order valence-corrected chi connectivity index (χ0v) is 21.9. The van der Waals surface area contributed by atoms with Gasteiger partial charge >= 0.3 is 6.09 Å². The number of hydrogen-bond acceptors (Lipinski definition) is 5. The molecule has 2 amide bonds. The van der Waals surface area contributed by atoms with Crippen LogP contribution in [0.2, 0.25) is 0 Å². The molecule has 2 saturated heterocycles. The van der Waals surface area contributed by atoms with E-state index in [4.69, 9.17) is 4.74 Å². The van der Waals surface area contributed by atoms with Crippen molar-refractivity contribution in [1.82, 2.24) is 14.1 Å². The van der Waals surface area contributed by atoms with E-state index in [0.29, 0.717) is 38.3 Å². The molecule has 2 aliphatic rings. The number of hydrogen-bond donors (Lipinski definition) is 0. The van der Waals surface area contributed by atoms with Crippen molar-refractivity contribution < 1.29 is 22.7 Å². The highest BCUT2D eigenvalue weighted by atomic mass is 32.2. The molecule has 2 heterocycles. The number of amides is 2. The Hall–Kier alpha value is -2.13. The Labute approximate surface area is 204 Å². The molecule has 1 aromatic rings. The highest BCUT2D eigenvalue weighted by Crippen LogP contribution is 2.24. The molecule has 190 valence electrons. The molecule has 34 heavy (non-hydrogen) atoms. The van der Waals surface area contributed by atoms with Crippen LogP contribution in [0.3, 0.4) is 0 Å². The lowest BCUT2D eigenvalue weighted by atomic mass is 9.96. The number of sulfonamides is 1. The van der Waals surface area contributed by atoms with Crippen molar-refractivity contribution in [1.29, 1.82) is 0 Å². The Morgan fingerprint density at radius 3 is 2.24 bits per heavy atom. The molecule has 0 aromatic heterocycles. The van der Waals surface area contributed by atoms with E-state index in [1.165, 1.54) is 16.4 Å². The van der Waals surface area contributed by atoms with Crippen LogP contribution < -0.4 is 0 Å². The van der Waals surface area contributed by atoms with Crippen molar-refractivity contribution in [2.24, 2.45) is 5.92 Å². The molecule has 0 aliphatic carbocycles. The van der Waals surface area contributed by atoms with Gasteiger partial charge in [-0.2, -0.15) is 4.31 Å². The van der Waals surface area contributed by atoms with E-state index in [2.05, 4.69) is 0 Å². The number of carbonyl (C=O) groups is 2. The van der Waals surface area contributed by atoms with Crippen molar-refractivity contribution in [3.05, 3.63) is 29.8 Å². The van der Waals surface area contributed by atoms with E-state index in [1.54, 1.807) is 17.0 Å². The summed E-state index contributed by atoms with van der Waals surface area (Å²) in [4.78, 5) is 29.6. The second kappa shape index (κ2) is 10.6. The number of rotatable bonds is 6. The lowest BCUT2D eigenvalue weighted by Gasteiger charge is -2.37. The van der Waals surface area contributed by atoms with Crippen molar-refractivity contribution in [3.63, 3.8) is 0 Å². The maximum atomic E-state index is 13.2. The number of ether oxygens (including phenoxy) is 1. The van der Waals surface area contributed by atoms with Gasteiger partial charge in [0.1, 0.15) is 5.60 Å². The fraction of sp³-hybridized carbons (Fsp3) is 0.680. The van der Waals surface area contributed by atoms with Gasteiger partial charge in [0, 0.05) is 44.3 Å². The summed E-state index contributed by atoms with van der Waals surface area (Å²) in [5.74, 6) is 0.0469. The first-order chi connectivity index (χ1) is 15.9. The molecule has 1 atom stereocenters. The van der Waals surface area contributed by atoms with Gasteiger partial charge in [0.25, 0.3) is 5.91 Å². The van der Waals surface area contributed by atoms with Crippen molar-refractivity contribution in [3.8, 4) is 0 Å². The average molecular weight is 494 g/mol. The Balaban J connectivity index is 1.65. The van der Waals surface area contributed by atoms with Crippen molar-refractivity contribution in [2.45, 2.75) is 76.8 Å². The molecule has 9 heteroatoms. The van der Waals surface area contributed by atoms with Gasteiger partial charge in [0.05, 0.1) is 4.90 Å². The molecule has 0 spiro atoms. The minimum Gasteiger partial charge on any atom is -0.444 e. The molecule has 0 saturated carbocycles. The maximum Gasteiger partial charge on any atom is 0.410 e. The lowest BCUT2D eigenvalue weighted by molar-refractivity contribution is 0.0124. The summed E-state index contributed by atoms with van der Waals surface area (Å²) >= 11 is 0. The molecular weight excluding hydrogens is 454 g/mol. The zero-order chi connectivity index (χ0) is 25.1. The van der Waals surface area contributed by atoms with Gasteiger partial charge in [-0.15, -0.1) is 0 Å². The highest BCUT2D eigenvalue weighted by Gasteiger charge is 2.31. The molecule has 2 aliphatic heterocycles. The largest absolute Gasteiger partial charge is 0.444 e. The SMILES string of the molecule is CC(C)N(CC1CCCN(C(=O)c2ccc(S(=O)(=O)N3CCCC3)cc2)C1)C(=O)OC(C)(C)C. The van der Waals surface area contributed by atoms with Crippen LogP contribution in [0.1, 0.15) is 70.7 Å². The fourth-order valence-electron chi connectivity index (χ4n) is 4.52. The maximum absolute atomic E-state index is 13.2. The predicted octanol–water partition coefficient (Wildman–Crippen LogP) is 3.97. The summed E-state index contributed by atoms with van der Waals surface area (Å²) in [5, 5.41) is 0. The van der Waals surface area contributed by atoms with Crippen LogP contribution in [-0.2, 0) is 14.8 Å². The minimum absolute atomic E-state index is 0.00831. The predicted molar refractivity (Wildman–Crippen MR) is 131 cm³/mol. The molecule has 1 unspecified atom stereocenters. The Bertz CT molecular complexity index is 963. The first kappa shape index (κ1) is 26.5. The Morgan fingerprint density at radius 2 is 1.68 bits per heavy atom. The fourth-order valence-corrected chi connectivity index (χ4v) is 6.04. The average Bonchev–Trinajstić information content (AvgIpc) is 3.32. The summed E-state index contributed by atoms with van der Waals surface area (Å²) in [7, 11) is -3.50.